The van der Waals surface area contributed by atoms with E-state index in [4.69, 9.17) is 16.7 Å². The number of carbonyl (C=O) groups excluding carboxylic acids is 1. The number of aliphatic hydroxyl groups is 1. The lowest BCUT2D eigenvalue weighted by Crippen LogP contribution is -2.39. The smallest absolute Gasteiger partial charge is 0.287 e. The highest BCUT2D eigenvalue weighted by atomic mass is 35.5. The maximum atomic E-state index is 12.7. The van der Waals surface area contributed by atoms with Crippen LogP contribution in [0.15, 0.2) is 29.2 Å². The first-order valence-electron chi connectivity index (χ1n) is 5.57. The molecule has 1 amide bonds. The summed E-state index contributed by atoms with van der Waals surface area (Å²) in [5.41, 5.74) is 0. The van der Waals surface area contributed by atoms with Gasteiger partial charge in [-0.2, -0.15) is 0 Å². The summed E-state index contributed by atoms with van der Waals surface area (Å²) in [6, 6.07) is 7.13. The molecule has 0 bridgehead atoms. The Kier molecular flexibility index (Phi) is 6.54. The van der Waals surface area contributed by atoms with E-state index in [9.17, 15) is 13.6 Å². The highest BCUT2D eigenvalue weighted by Crippen LogP contribution is 2.20. The summed E-state index contributed by atoms with van der Waals surface area (Å²) in [5.74, 6) is -3.24. The molecule has 1 aromatic carbocycles. The maximum absolute atomic E-state index is 12.7. The van der Waals surface area contributed by atoms with E-state index in [2.05, 4.69) is 5.32 Å². The van der Waals surface area contributed by atoms with Crippen molar-refractivity contribution in [2.24, 2.45) is 0 Å². The minimum atomic E-state index is -3.26. The lowest BCUT2D eigenvalue weighted by molar-refractivity contribution is -0.123. The van der Waals surface area contributed by atoms with Gasteiger partial charge in [0.15, 0.2) is 0 Å². The molecule has 0 fully saturated rings. The Balaban J connectivity index is 2.22. The predicted octanol–water partition coefficient (Wildman–Crippen LogP) is 2.57. The number of hydrogen-bond acceptors (Lipinski definition) is 3. The number of halogens is 3. The number of hydrogen-bond donors (Lipinski definition) is 2. The van der Waals surface area contributed by atoms with Gasteiger partial charge in [-0.25, -0.2) is 8.78 Å². The van der Waals surface area contributed by atoms with Gasteiger partial charge in [-0.05, 0) is 24.3 Å². The van der Waals surface area contributed by atoms with Crippen LogP contribution in [0, 0.1) is 0 Å². The molecular weight excluding hydrogens is 296 g/mol. The highest BCUT2D eigenvalue weighted by Gasteiger charge is 2.27. The van der Waals surface area contributed by atoms with Crippen molar-refractivity contribution >= 4 is 29.3 Å². The van der Waals surface area contributed by atoms with Gasteiger partial charge in [0.05, 0.1) is 6.54 Å². The zero-order chi connectivity index (χ0) is 14.3. The zero-order valence-electron chi connectivity index (χ0n) is 10.0. The minimum absolute atomic E-state index is 0.134. The van der Waals surface area contributed by atoms with Crippen molar-refractivity contribution in [1.29, 1.82) is 0 Å². The number of amides is 1. The minimum Gasteiger partial charge on any atom is -0.390 e. The van der Waals surface area contributed by atoms with Crippen molar-refractivity contribution in [1.82, 2.24) is 5.32 Å². The Morgan fingerprint density at radius 2 is 2.00 bits per heavy atom. The second kappa shape index (κ2) is 7.67. The molecule has 0 saturated heterocycles. The average Bonchev–Trinajstić information content (AvgIpc) is 2.39. The molecule has 0 radical (unpaired) electrons. The lowest BCUT2D eigenvalue weighted by Gasteiger charge is -2.13. The normalized spacial score (nSPS) is 11.4. The number of aliphatic hydroxyl groups excluding tert-OH is 1. The predicted molar refractivity (Wildman–Crippen MR) is 71.8 cm³/mol. The number of carbonyl (C=O) groups is 1. The van der Waals surface area contributed by atoms with Crippen LogP contribution in [0.4, 0.5) is 8.78 Å². The summed E-state index contributed by atoms with van der Waals surface area (Å²) < 4.78 is 25.3. The van der Waals surface area contributed by atoms with Gasteiger partial charge < -0.3 is 10.4 Å². The van der Waals surface area contributed by atoms with Crippen LogP contribution in [-0.4, -0.2) is 35.8 Å². The van der Waals surface area contributed by atoms with E-state index in [0.717, 1.165) is 4.90 Å². The fraction of sp³-hybridized carbons (Fsp3) is 0.417. The first-order valence-corrected chi connectivity index (χ1v) is 6.93. The van der Waals surface area contributed by atoms with E-state index < -0.39 is 25.0 Å². The summed E-state index contributed by atoms with van der Waals surface area (Å²) in [4.78, 5) is 12.2. The van der Waals surface area contributed by atoms with Gasteiger partial charge in [-0.3, -0.25) is 4.79 Å². The van der Waals surface area contributed by atoms with Crippen LogP contribution in [0.2, 0.25) is 5.02 Å². The molecule has 0 atom stereocenters. The molecule has 106 valence electrons. The molecule has 0 heterocycles. The molecule has 1 aromatic rings. The van der Waals surface area contributed by atoms with Gasteiger partial charge in [0.25, 0.3) is 5.92 Å². The van der Waals surface area contributed by atoms with Gasteiger partial charge in [-0.1, -0.05) is 11.6 Å². The third-order valence-corrected chi connectivity index (χ3v) is 3.45. The second-order valence-corrected chi connectivity index (χ2v) is 5.45. The van der Waals surface area contributed by atoms with Gasteiger partial charge in [0, 0.05) is 22.1 Å². The molecule has 0 aliphatic carbocycles. The van der Waals surface area contributed by atoms with Crippen molar-refractivity contribution in [3.63, 3.8) is 0 Å². The molecule has 2 N–H and O–H groups in total. The Morgan fingerprint density at radius 1 is 1.37 bits per heavy atom. The number of nitrogens with one attached hydrogen (secondary N) is 1. The van der Waals surface area contributed by atoms with Crippen LogP contribution in [0.3, 0.4) is 0 Å². The fourth-order valence-electron chi connectivity index (χ4n) is 1.16. The van der Waals surface area contributed by atoms with Crippen molar-refractivity contribution < 1.29 is 18.7 Å². The fourth-order valence-corrected chi connectivity index (χ4v) is 2.14. The third-order valence-electron chi connectivity index (χ3n) is 2.19. The van der Waals surface area contributed by atoms with E-state index in [1.54, 1.807) is 12.1 Å². The van der Waals surface area contributed by atoms with Crippen LogP contribution < -0.4 is 5.32 Å². The average molecular weight is 310 g/mol. The summed E-state index contributed by atoms with van der Waals surface area (Å²) in [6.07, 6.45) is 0.134. The van der Waals surface area contributed by atoms with E-state index in [-0.39, 0.29) is 6.42 Å². The first kappa shape index (κ1) is 16.2. The van der Waals surface area contributed by atoms with Gasteiger partial charge in [0.2, 0.25) is 5.91 Å². The van der Waals surface area contributed by atoms with E-state index in [1.807, 2.05) is 12.1 Å². The van der Waals surface area contributed by atoms with Gasteiger partial charge in [0.1, 0.15) is 6.61 Å². The highest BCUT2D eigenvalue weighted by molar-refractivity contribution is 7.99. The number of benzene rings is 1. The van der Waals surface area contributed by atoms with Crippen LogP contribution >= 0.6 is 23.4 Å². The number of alkyl halides is 2. The Bertz CT molecular complexity index is 415. The largest absolute Gasteiger partial charge is 0.390 e. The summed E-state index contributed by atoms with van der Waals surface area (Å²) in [7, 11) is 0. The van der Waals surface area contributed by atoms with Crippen molar-refractivity contribution in [2.45, 2.75) is 17.2 Å². The van der Waals surface area contributed by atoms with Gasteiger partial charge in [-0.15, -0.1) is 11.8 Å². The summed E-state index contributed by atoms with van der Waals surface area (Å²) >= 11 is 7.17. The maximum Gasteiger partial charge on any atom is 0.287 e. The van der Waals surface area contributed by atoms with Gasteiger partial charge >= 0.3 is 0 Å². The zero-order valence-corrected chi connectivity index (χ0v) is 11.6. The Morgan fingerprint density at radius 3 is 2.58 bits per heavy atom. The Hall–Kier alpha value is -0.850. The second-order valence-electron chi connectivity index (χ2n) is 3.84. The molecule has 0 aromatic heterocycles. The first-order chi connectivity index (χ1) is 8.93. The quantitative estimate of drug-likeness (QED) is 0.761. The SMILES string of the molecule is O=C(CCSc1ccc(Cl)cc1)NCC(F)(F)CO. The molecular formula is C12H14ClF2NO2S. The molecule has 0 saturated carbocycles. The van der Waals surface area contributed by atoms with Crippen molar-refractivity contribution in [3.05, 3.63) is 29.3 Å². The molecule has 0 unspecified atom stereocenters. The number of thioether (sulfide) groups is 1. The molecule has 19 heavy (non-hydrogen) atoms. The standard InChI is InChI=1S/C12H14ClF2NO2S/c13-9-1-3-10(4-2-9)19-6-5-11(18)16-7-12(14,15)8-17/h1-4,17H,5-8H2,(H,16,18). The number of rotatable bonds is 7. The van der Waals surface area contributed by atoms with E-state index in [1.165, 1.54) is 11.8 Å². The monoisotopic (exact) mass is 309 g/mol. The molecule has 0 aliphatic rings. The molecule has 0 aliphatic heterocycles. The lowest BCUT2D eigenvalue weighted by atomic mass is 10.3. The van der Waals surface area contributed by atoms with Crippen molar-refractivity contribution in [3.8, 4) is 0 Å². The molecule has 0 spiro atoms. The summed E-state index contributed by atoms with van der Waals surface area (Å²) in [5, 5.41) is 11.1. The van der Waals surface area contributed by atoms with Crippen LogP contribution in [0.5, 0.6) is 0 Å². The summed E-state index contributed by atoms with van der Waals surface area (Å²) in [6.45, 7) is -2.11. The third kappa shape index (κ3) is 6.75. The van der Waals surface area contributed by atoms with Crippen LogP contribution in [-0.2, 0) is 4.79 Å². The Labute approximate surface area is 119 Å². The van der Waals surface area contributed by atoms with Crippen LogP contribution in [0.1, 0.15) is 6.42 Å². The van der Waals surface area contributed by atoms with E-state index >= 15 is 0 Å². The van der Waals surface area contributed by atoms with E-state index in [0.29, 0.717) is 10.8 Å². The molecule has 7 heteroatoms. The topological polar surface area (TPSA) is 49.3 Å². The molecule has 3 nitrogen and oxygen atoms in total. The van der Waals surface area contributed by atoms with Crippen molar-refractivity contribution in [2.75, 3.05) is 18.9 Å². The van der Waals surface area contributed by atoms with Crippen LogP contribution in [0.25, 0.3) is 0 Å². The molecule has 1 rings (SSSR count).